The standard InChI is InChI=1S/C22H19ClN2O3/c1-28-19-11-10-15(23)13-17(19)24-20(26)9-4-12-25-18-8-3-6-14-5-2-7-16(21(14)18)22(25)27/h2-3,5-8,10-11,13H,4,9,12H2,1H3,(H,24,26). The third-order valence-electron chi connectivity index (χ3n) is 4.87. The Balaban J connectivity index is 1.41. The number of methoxy groups -OCH3 is 1. The number of halogens is 1. The van der Waals surface area contributed by atoms with Crippen molar-refractivity contribution >= 4 is 45.6 Å². The minimum atomic E-state index is -0.150. The van der Waals surface area contributed by atoms with E-state index in [1.165, 1.54) is 7.11 Å². The molecule has 1 N–H and O–H groups in total. The number of carbonyl (C=O) groups excluding carboxylic acids is 2. The molecule has 1 aliphatic rings. The molecule has 0 saturated carbocycles. The molecule has 142 valence electrons. The second kappa shape index (κ2) is 7.52. The van der Waals surface area contributed by atoms with E-state index in [1.54, 1.807) is 23.1 Å². The van der Waals surface area contributed by atoms with Gasteiger partial charge in [0, 0.05) is 28.9 Å². The van der Waals surface area contributed by atoms with Gasteiger partial charge in [-0.1, -0.05) is 35.9 Å². The predicted octanol–water partition coefficient (Wildman–Crippen LogP) is 4.88. The monoisotopic (exact) mass is 394 g/mol. The molecule has 0 radical (unpaired) electrons. The van der Waals surface area contributed by atoms with Crippen molar-refractivity contribution in [2.75, 3.05) is 23.9 Å². The molecular weight excluding hydrogens is 376 g/mol. The van der Waals surface area contributed by atoms with E-state index >= 15 is 0 Å². The lowest BCUT2D eigenvalue weighted by Gasteiger charge is -2.17. The van der Waals surface area contributed by atoms with Crippen LogP contribution in [-0.2, 0) is 4.79 Å². The Kier molecular flexibility index (Phi) is 4.92. The molecule has 1 aliphatic heterocycles. The molecule has 5 nitrogen and oxygen atoms in total. The van der Waals surface area contributed by atoms with Gasteiger partial charge in [-0.15, -0.1) is 0 Å². The van der Waals surface area contributed by atoms with Gasteiger partial charge in [-0.05, 0) is 42.1 Å². The van der Waals surface area contributed by atoms with Crippen molar-refractivity contribution < 1.29 is 14.3 Å². The van der Waals surface area contributed by atoms with Crippen molar-refractivity contribution in [2.45, 2.75) is 12.8 Å². The number of ether oxygens (including phenoxy) is 1. The molecule has 2 amide bonds. The Bertz CT molecular complexity index is 1080. The van der Waals surface area contributed by atoms with Crippen LogP contribution in [0.15, 0.2) is 54.6 Å². The first-order valence-corrected chi connectivity index (χ1v) is 9.43. The summed E-state index contributed by atoms with van der Waals surface area (Å²) in [5.41, 5.74) is 2.17. The molecule has 3 aromatic carbocycles. The van der Waals surface area contributed by atoms with Crippen molar-refractivity contribution in [3.05, 3.63) is 65.2 Å². The molecule has 0 aliphatic carbocycles. The van der Waals surface area contributed by atoms with Crippen molar-refractivity contribution in [3.63, 3.8) is 0 Å². The number of hydrogen-bond acceptors (Lipinski definition) is 3. The molecule has 0 aromatic heterocycles. The van der Waals surface area contributed by atoms with E-state index in [2.05, 4.69) is 5.32 Å². The molecule has 3 aromatic rings. The summed E-state index contributed by atoms with van der Waals surface area (Å²) in [6.45, 7) is 0.479. The van der Waals surface area contributed by atoms with Crippen LogP contribution in [0.4, 0.5) is 11.4 Å². The van der Waals surface area contributed by atoms with Gasteiger partial charge in [0.25, 0.3) is 5.91 Å². The Morgan fingerprint density at radius 3 is 2.71 bits per heavy atom. The number of rotatable bonds is 6. The van der Waals surface area contributed by atoms with Crippen LogP contribution >= 0.6 is 11.6 Å². The van der Waals surface area contributed by atoms with Gasteiger partial charge in [0.1, 0.15) is 5.75 Å². The second-order valence-corrected chi connectivity index (χ2v) is 7.07. The first-order chi connectivity index (χ1) is 13.6. The summed E-state index contributed by atoms with van der Waals surface area (Å²) in [7, 11) is 1.54. The van der Waals surface area contributed by atoms with Crippen molar-refractivity contribution in [2.24, 2.45) is 0 Å². The Labute approximate surface area is 167 Å². The third kappa shape index (κ3) is 3.29. The van der Waals surface area contributed by atoms with Gasteiger partial charge in [0.2, 0.25) is 5.91 Å². The first kappa shape index (κ1) is 18.3. The Morgan fingerprint density at radius 1 is 1.14 bits per heavy atom. The van der Waals surface area contributed by atoms with Gasteiger partial charge in [-0.25, -0.2) is 0 Å². The first-order valence-electron chi connectivity index (χ1n) is 9.05. The zero-order valence-electron chi connectivity index (χ0n) is 15.4. The highest BCUT2D eigenvalue weighted by Crippen LogP contribution is 2.37. The predicted molar refractivity (Wildman–Crippen MR) is 111 cm³/mol. The van der Waals surface area contributed by atoms with Crippen molar-refractivity contribution in [3.8, 4) is 5.75 Å². The number of anilines is 2. The van der Waals surface area contributed by atoms with Crippen molar-refractivity contribution in [1.29, 1.82) is 0 Å². The maximum atomic E-state index is 12.8. The van der Waals surface area contributed by atoms with Crippen LogP contribution in [0.1, 0.15) is 23.2 Å². The van der Waals surface area contributed by atoms with Gasteiger partial charge in [0.05, 0.1) is 18.5 Å². The van der Waals surface area contributed by atoms with Crippen LogP contribution in [0.25, 0.3) is 10.8 Å². The lowest BCUT2D eigenvalue weighted by molar-refractivity contribution is -0.116. The normalized spacial score (nSPS) is 12.5. The van der Waals surface area contributed by atoms with Gasteiger partial charge >= 0.3 is 0 Å². The summed E-state index contributed by atoms with van der Waals surface area (Å²) in [4.78, 5) is 26.9. The van der Waals surface area contributed by atoms with Gasteiger partial charge in [0.15, 0.2) is 0 Å². The molecule has 0 saturated heterocycles. The number of carbonyl (C=O) groups is 2. The largest absolute Gasteiger partial charge is 0.495 e. The van der Waals surface area contributed by atoms with E-state index in [0.717, 1.165) is 22.0 Å². The van der Waals surface area contributed by atoms with Crippen LogP contribution in [0.5, 0.6) is 5.75 Å². The summed E-state index contributed by atoms with van der Waals surface area (Å²) in [5.74, 6) is 0.390. The smallest absolute Gasteiger partial charge is 0.258 e. The average Bonchev–Trinajstić information content (AvgIpc) is 2.96. The minimum Gasteiger partial charge on any atom is -0.495 e. The number of benzene rings is 3. The van der Waals surface area contributed by atoms with Gasteiger partial charge < -0.3 is 15.0 Å². The van der Waals surface area contributed by atoms with E-state index < -0.39 is 0 Å². The zero-order valence-corrected chi connectivity index (χ0v) is 16.1. The summed E-state index contributed by atoms with van der Waals surface area (Å²) >= 11 is 6.00. The highest BCUT2D eigenvalue weighted by molar-refractivity contribution is 6.31. The van der Waals surface area contributed by atoms with Gasteiger partial charge in [-0.3, -0.25) is 9.59 Å². The minimum absolute atomic E-state index is 0.0104. The topological polar surface area (TPSA) is 58.6 Å². The highest BCUT2D eigenvalue weighted by Gasteiger charge is 2.29. The van der Waals surface area contributed by atoms with E-state index in [1.807, 2.05) is 36.4 Å². The molecule has 1 heterocycles. The quantitative estimate of drug-likeness (QED) is 0.648. The van der Waals surface area contributed by atoms with Crippen LogP contribution in [0.2, 0.25) is 5.02 Å². The fraction of sp³-hybridized carbons (Fsp3) is 0.182. The van der Waals surface area contributed by atoms with Crippen LogP contribution in [0.3, 0.4) is 0 Å². The van der Waals surface area contributed by atoms with Gasteiger partial charge in [-0.2, -0.15) is 0 Å². The molecule has 0 unspecified atom stereocenters. The van der Waals surface area contributed by atoms with E-state index in [9.17, 15) is 9.59 Å². The van der Waals surface area contributed by atoms with Crippen LogP contribution in [0, 0.1) is 0 Å². The van der Waals surface area contributed by atoms with E-state index in [4.69, 9.17) is 16.3 Å². The second-order valence-electron chi connectivity index (χ2n) is 6.63. The molecule has 0 bridgehead atoms. The molecule has 6 heteroatoms. The molecule has 28 heavy (non-hydrogen) atoms. The maximum absolute atomic E-state index is 12.8. The Morgan fingerprint density at radius 2 is 1.93 bits per heavy atom. The maximum Gasteiger partial charge on any atom is 0.258 e. The molecule has 4 rings (SSSR count). The lowest BCUT2D eigenvalue weighted by Crippen LogP contribution is -2.28. The highest BCUT2D eigenvalue weighted by atomic mass is 35.5. The number of nitrogens with one attached hydrogen (secondary N) is 1. The van der Waals surface area contributed by atoms with E-state index in [0.29, 0.717) is 29.4 Å². The summed E-state index contributed by atoms with van der Waals surface area (Å²) in [6, 6.07) is 16.7. The summed E-state index contributed by atoms with van der Waals surface area (Å²) in [5, 5.41) is 5.38. The van der Waals surface area contributed by atoms with Crippen LogP contribution < -0.4 is 15.0 Å². The lowest BCUT2D eigenvalue weighted by atomic mass is 10.1. The fourth-order valence-corrected chi connectivity index (χ4v) is 3.76. The number of amides is 2. The SMILES string of the molecule is COc1ccc(Cl)cc1NC(=O)CCCN1C(=O)c2cccc3cccc1c23. The molecule has 0 fully saturated rings. The fourth-order valence-electron chi connectivity index (χ4n) is 3.59. The summed E-state index contributed by atoms with van der Waals surface area (Å²) < 4.78 is 5.24. The van der Waals surface area contributed by atoms with Crippen molar-refractivity contribution in [1.82, 2.24) is 0 Å². The molecule has 0 spiro atoms. The number of nitrogens with zero attached hydrogens (tertiary/aromatic N) is 1. The Hall–Kier alpha value is -3.05. The summed E-state index contributed by atoms with van der Waals surface area (Å²) in [6.07, 6.45) is 0.830. The van der Waals surface area contributed by atoms with Crippen LogP contribution in [-0.4, -0.2) is 25.5 Å². The third-order valence-corrected chi connectivity index (χ3v) is 5.11. The number of hydrogen-bond donors (Lipinski definition) is 1. The zero-order chi connectivity index (χ0) is 19.7. The average molecular weight is 395 g/mol. The molecule has 0 atom stereocenters. The molecular formula is C22H19ClN2O3. The van der Waals surface area contributed by atoms with E-state index in [-0.39, 0.29) is 18.2 Å².